The summed E-state index contributed by atoms with van der Waals surface area (Å²) in [6.07, 6.45) is 2.10. The van der Waals surface area contributed by atoms with Gasteiger partial charge in [-0.2, -0.15) is 5.10 Å². The van der Waals surface area contributed by atoms with Crippen molar-refractivity contribution in [3.63, 3.8) is 0 Å². The molecule has 4 heterocycles. The third-order valence-electron chi connectivity index (χ3n) is 7.84. The molecule has 0 fully saturated rings. The minimum atomic E-state index is -1.41. The quantitative estimate of drug-likeness (QED) is 0.243. The number of aryl methyl sites for hydroxylation is 1. The van der Waals surface area contributed by atoms with Crippen LogP contribution in [0, 0.1) is 11.2 Å². The van der Waals surface area contributed by atoms with Crippen LogP contribution in [-0.2, 0) is 28.0 Å². The predicted octanol–water partition coefficient (Wildman–Crippen LogP) is 4.55. The molecule has 3 aromatic heterocycles. The molecule has 1 atom stereocenters. The van der Waals surface area contributed by atoms with Gasteiger partial charge in [-0.15, -0.1) is 0 Å². The van der Waals surface area contributed by atoms with Gasteiger partial charge in [0.05, 0.1) is 28.7 Å². The number of nitrogens with one attached hydrogen (secondary N) is 1. The lowest BCUT2D eigenvalue weighted by atomic mass is 9.84. The van der Waals surface area contributed by atoms with Crippen molar-refractivity contribution in [2.75, 3.05) is 11.1 Å². The third-order valence-corrected chi connectivity index (χ3v) is 7.84. The van der Waals surface area contributed by atoms with Crippen molar-refractivity contribution in [1.29, 1.82) is 0 Å². The molecule has 11 nitrogen and oxygen atoms in total. The van der Waals surface area contributed by atoms with Crippen molar-refractivity contribution in [1.82, 2.24) is 24.7 Å². The summed E-state index contributed by atoms with van der Waals surface area (Å²) in [7, 11) is 0. The van der Waals surface area contributed by atoms with Crippen molar-refractivity contribution in [3.05, 3.63) is 83.3 Å². The molecule has 1 aliphatic rings. The summed E-state index contributed by atoms with van der Waals surface area (Å²) >= 11 is 0. The Hall–Kier alpha value is -5.13. The number of oxazole rings is 1. The number of anilines is 2. The van der Waals surface area contributed by atoms with Gasteiger partial charge in [-0.05, 0) is 45.7 Å². The number of benzene rings is 2. The Balaban J connectivity index is 1.37. The first-order chi connectivity index (χ1) is 20.0. The molecule has 0 radical (unpaired) electrons. The highest BCUT2D eigenvalue weighted by Crippen LogP contribution is 2.45. The number of carboxylic acid groups (broad SMARTS) is 1. The zero-order valence-electron chi connectivity index (χ0n) is 23.2. The standard InChI is InChI=1S/C30H28FN7O4/c1-29(2,28(40)41)13-12-17-15-42-27(33-17)30(3)21-23(32)34-25(35-24(21)36-26(30)39)22-18-9-5-7-11-20(18)38(37-22)14-16-8-4-6-10-19(16)31/h4-11,15H,12-14H2,1-3H3,(H,40,41)(H3,32,34,35,36,39). The van der Waals surface area contributed by atoms with Gasteiger partial charge in [0.25, 0.3) is 0 Å². The summed E-state index contributed by atoms with van der Waals surface area (Å²) in [4.78, 5) is 38.5. The van der Waals surface area contributed by atoms with Gasteiger partial charge in [-0.25, -0.2) is 19.3 Å². The van der Waals surface area contributed by atoms with Crippen LogP contribution in [0.4, 0.5) is 16.0 Å². The van der Waals surface area contributed by atoms with Crippen LogP contribution in [0.15, 0.2) is 59.2 Å². The fraction of sp³-hybridized carbons (Fsp3) is 0.267. The lowest BCUT2D eigenvalue weighted by Gasteiger charge is -2.19. The molecule has 42 heavy (non-hydrogen) atoms. The zero-order chi connectivity index (χ0) is 29.8. The maximum absolute atomic E-state index is 14.4. The Morgan fingerprint density at radius 1 is 1.14 bits per heavy atom. The summed E-state index contributed by atoms with van der Waals surface area (Å²) in [5.41, 5.74) is 6.62. The fourth-order valence-electron chi connectivity index (χ4n) is 5.12. The number of carbonyl (C=O) groups excluding carboxylic acids is 1. The van der Waals surface area contributed by atoms with Gasteiger partial charge in [0.15, 0.2) is 11.2 Å². The molecule has 6 rings (SSSR count). The number of nitrogens with two attached hydrogens (primary N) is 1. The first-order valence-electron chi connectivity index (χ1n) is 13.4. The summed E-state index contributed by atoms with van der Waals surface area (Å²) in [6, 6.07) is 14.0. The van der Waals surface area contributed by atoms with Crippen molar-refractivity contribution in [2.24, 2.45) is 5.41 Å². The molecular formula is C30H28FN7O4. The number of hydrogen-bond donors (Lipinski definition) is 3. The van der Waals surface area contributed by atoms with E-state index in [2.05, 4.69) is 20.3 Å². The number of para-hydroxylation sites is 1. The summed E-state index contributed by atoms with van der Waals surface area (Å²) in [5, 5.41) is 17.7. The monoisotopic (exact) mass is 569 g/mol. The third kappa shape index (κ3) is 4.35. The maximum Gasteiger partial charge on any atom is 0.309 e. The van der Waals surface area contributed by atoms with Gasteiger partial charge in [0.2, 0.25) is 11.8 Å². The first kappa shape index (κ1) is 27.1. The van der Waals surface area contributed by atoms with Crippen LogP contribution in [0.25, 0.3) is 22.4 Å². The van der Waals surface area contributed by atoms with Crippen LogP contribution in [0.2, 0.25) is 0 Å². The van der Waals surface area contributed by atoms with Crippen LogP contribution < -0.4 is 11.1 Å². The Morgan fingerprint density at radius 3 is 2.64 bits per heavy atom. The molecule has 0 aliphatic carbocycles. The molecular weight excluding hydrogens is 541 g/mol. The van der Waals surface area contributed by atoms with Crippen molar-refractivity contribution < 1.29 is 23.5 Å². The van der Waals surface area contributed by atoms with Crippen molar-refractivity contribution >= 4 is 34.4 Å². The van der Waals surface area contributed by atoms with Crippen LogP contribution in [-0.4, -0.2) is 41.7 Å². The summed E-state index contributed by atoms with van der Waals surface area (Å²) < 4.78 is 21.8. The van der Waals surface area contributed by atoms with E-state index in [1.807, 2.05) is 24.3 Å². The zero-order valence-corrected chi connectivity index (χ0v) is 23.2. The SMILES string of the molecule is CC(C)(CCc1coc(C2(C)C(=O)Nc3nc(-c4nn(Cc5ccccc5F)c5ccccc45)nc(N)c32)n1)C(=O)O. The highest BCUT2D eigenvalue weighted by molar-refractivity contribution is 6.08. The van der Waals surface area contributed by atoms with E-state index in [0.29, 0.717) is 35.4 Å². The van der Waals surface area contributed by atoms with Crippen LogP contribution in [0.1, 0.15) is 49.9 Å². The number of amides is 1. The molecule has 0 spiro atoms. The summed E-state index contributed by atoms with van der Waals surface area (Å²) in [5.74, 6) is -1.12. The van der Waals surface area contributed by atoms with E-state index >= 15 is 0 Å². The largest absolute Gasteiger partial charge is 0.481 e. The molecule has 1 aliphatic heterocycles. The van der Waals surface area contributed by atoms with E-state index in [1.165, 1.54) is 12.3 Å². The highest BCUT2D eigenvalue weighted by Gasteiger charge is 2.51. The lowest BCUT2D eigenvalue weighted by Crippen LogP contribution is -2.33. The minimum absolute atomic E-state index is 0.0512. The number of fused-ring (bicyclic) bond motifs is 2. The predicted molar refractivity (Wildman–Crippen MR) is 152 cm³/mol. The number of aromatic nitrogens is 5. The maximum atomic E-state index is 14.4. The topological polar surface area (TPSA) is 162 Å². The number of halogens is 1. The average Bonchev–Trinajstić information content (AvgIpc) is 3.64. The Labute approximate surface area is 239 Å². The van der Waals surface area contributed by atoms with E-state index in [-0.39, 0.29) is 35.7 Å². The van der Waals surface area contributed by atoms with Gasteiger partial charge in [0, 0.05) is 10.9 Å². The van der Waals surface area contributed by atoms with Gasteiger partial charge < -0.3 is 20.6 Å². The number of nitrogen functional groups attached to an aromatic ring is 1. The molecule has 5 aromatic rings. The highest BCUT2D eigenvalue weighted by atomic mass is 19.1. The molecule has 1 unspecified atom stereocenters. The van der Waals surface area contributed by atoms with Crippen LogP contribution in [0.5, 0.6) is 0 Å². The number of aliphatic carboxylic acids is 1. The second-order valence-electron chi connectivity index (χ2n) is 11.2. The van der Waals surface area contributed by atoms with Crippen molar-refractivity contribution in [3.8, 4) is 11.5 Å². The molecule has 1 amide bonds. The molecule has 4 N–H and O–H groups in total. The Morgan fingerprint density at radius 2 is 1.88 bits per heavy atom. The van der Waals surface area contributed by atoms with Crippen LogP contribution in [0.3, 0.4) is 0 Å². The number of rotatable bonds is 8. The van der Waals surface area contributed by atoms with E-state index in [9.17, 15) is 19.1 Å². The normalized spacial score (nSPS) is 16.5. The number of carboxylic acids is 1. The Bertz CT molecular complexity index is 1880. The van der Waals surface area contributed by atoms with Crippen LogP contribution >= 0.6 is 0 Å². The number of nitrogens with zero attached hydrogens (tertiary/aromatic N) is 5. The van der Waals surface area contributed by atoms with E-state index in [0.717, 1.165) is 10.9 Å². The second kappa shape index (κ2) is 9.75. The first-order valence-corrected chi connectivity index (χ1v) is 13.4. The minimum Gasteiger partial charge on any atom is -0.481 e. The summed E-state index contributed by atoms with van der Waals surface area (Å²) in [6.45, 7) is 5.10. The van der Waals surface area contributed by atoms with Gasteiger partial charge in [0.1, 0.15) is 29.4 Å². The van der Waals surface area contributed by atoms with E-state index in [1.54, 1.807) is 43.7 Å². The molecule has 0 saturated carbocycles. The molecule has 2 aromatic carbocycles. The Kier molecular flexibility index (Phi) is 6.28. The van der Waals surface area contributed by atoms with Gasteiger partial charge in [-0.1, -0.05) is 36.4 Å². The van der Waals surface area contributed by atoms with Crippen molar-refractivity contribution in [2.45, 2.75) is 45.6 Å². The molecule has 0 bridgehead atoms. The fourth-order valence-corrected chi connectivity index (χ4v) is 5.12. The van der Waals surface area contributed by atoms with E-state index in [4.69, 9.17) is 15.2 Å². The second-order valence-corrected chi connectivity index (χ2v) is 11.2. The van der Waals surface area contributed by atoms with Gasteiger partial charge >= 0.3 is 5.97 Å². The van der Waals surface area contributed by atoms with Gasteiger partial charge in [-0.3, -0.25) is 14.3 Å². The average molecular weight is 570 g/mol. The smallest absolute Gasteiger partial charge is 0.309 e. The van der Waals surface area contributed by atoms with E-state index < -0.39 is 22.7 Å². The molecule has 0 saturated heterocycles. The number of hydrogen-bond acceptors (Lipinski definition) is 8. The molecule has 12 heteroatoms. The molecule has 214 valence electrons. The lowest BCUT2D eigenvalue weighted by molar-refractivity contribution is -0.147. The number of carbonyl (C=O) groups is 2.